The van der Waals surface area contributed by atoms with Gasteiger partial charge in [-0.2, -0.15) is 0 Å². The molecule has 0 aliphatic heterocycles. The molecular weight excluding hydrogens is 388 g/mol. The van der Waals surface area contributed by atoms with Gasteiger partial charge in [0.15, 0.2) is 0 Å². The van der Waals surface area contributed by atoms with Gasteiger partial charge in [0.2, 0.25) is 0 Å². The first-order valence-corrected chi connectivity index (χ1v) is 8.90. The molecule has 0 saturated carbocycles. The second-order valence-corrected chi connectivity index (χ2v) is 6.18. The van der Waals surface area contributed by atoms with Gasteiger partial charge >= 0.3 is 0 Å². The third kappa shape index (κ3) is 4.96. The molecule has 0 fully saturated rings. The van der Waals surface area contributed by atoms with Crippen LogP contribution in [0, 0.1) is 10.1 Å². The van der Waals surface area contributed by atoms with Gasteiger partial charge in [0, 0.05) is 23.5 Å². The molecule has 0 unspecified atom stereocenters. The van der Waals surface area contributed by atoms with E-state index < -0.39 is 10.8 Å². The Kier molecular flexibility index (Phi) is 6.33. The zero-order valence-corrected chi connectivity index (χ0v) is 16.0. The molecule has 0 spiro atoms. The molecule has 152 valence electrons. The number of rotatable bonds is 7. The van der Waals surface area contributed by atoms with Gasteiger partial charge in [0.05, 0.1) is 24.3 Å². The van der Waals surface area contributed by atoms with Crippen molar-refractivity contribution in [2.75, 3.05) is 12.4 Å². The van der Waals surface area contributed by atoms with Crippen molar-refractivity contribution in [1.29, 1.82) is 0 Å². The standard InChI is InChI=1S/C21H18N4O5/c1-30-17-8-9-19(25(28)29)18(12-17)21(27)24-15-7-4-5-14(11-15)20(26)23-13-16-6-2-3-10-22-16/h2-12H,13H2,1H3,(H,23,26)(H,24,27). The van der Waals surface area contributed by atoms with E-state index in [4.69, 9.17) is 4.74 Å². The molecule has 1 aromatic heterocycles. The van der Waals surface area contributed by atoms with Gasteiger partial charge in [0.1, 0.15) is 11.3 Å². The van der Waals surface area contributed by atoms with Crippen LogP contribution in [0.25, 0.3) is 0 Å². The smallest absolute Gasteiger partial charge is 0.282 e. The van der Waals surface area contributed by atoms with Crippen molar-refractivity contribution in [3.63, 3.8) is 0 Å². The van der Waals surface area contributed by atoms with Gasteiger partial charge in [-0.3, -0.25) is 24.7 Å². The average molecular weight is 406 g/mol. The number of anilines is 1. The van der Waals surface area contributed by atoms with Crippen LogP contribution in [0.5, 0.6) is 5.75 Å². The van der Waals surface area contributed by atoms with Crippen molar-refractivity contribution in [1.82, 2.24) is 10.3 Å². The maximum atomic E-state index is 12.6. The summed E-state index contributed by atoms with van der Waals surface area (Å²) in [4.78, 5) is 39.7. The second-order valence-electron chi connectivity index (χ2n) is 6.18. The van der Waals surface area contributed by atoms with Crippen molar-refractivity contribution in [3.05, 3.63) is 93.8 Å². The lowest BCUT2D eigenvalue weighted by molar-refractivity contribution is -0.385. The van der Waals surface area contributed by atoms with E-state index in [0.717, 1.165) is 0 Å². The second kappa shape index (κ2) is 9.28. The summed E-state index contributed by atoms with van der Waals surface area (Å²) in [5, 5.41) is 16.6. The fourth-order valence-corrected chi connectivity index (χ4v) is 2.70. The van der Waals surface area contributed by atoms with E-state index in [1.165, 1.54) is 31.4 Å². The average Bonchev–Trinajstić information content (AvgIpc) is 2.77. The Morgan fingerprint density at radius 3 is 2.60 bits per heavy atom. The number of ether oxygens (including phenoxy) is 1. The number of carbonyl (C=O) groups excluding carboxylic acids is 2. The highest BCUT2D eigenvalue weighted by atomic mass is 16.6. The lowest BCUT2D eigenvalue weighted by Gasteiger charge is -2.09. The number of amides is 2. The Morgan fingerprint density at radius 2 is 1.90 bits per heavy atom. The third-order valence-corrected chi connectivity index (χ3v) is 4.18. The Bertz CT molecular complexity index is 1090. The molecule has 2 aromatic carbocycles. The SMILES string of the molecule is COc1ccc([N+](=O)[O-])c(C(=O)Nc2cccc(C(=O)NCc3ccccn3)c2)c1. The van der Waals surface area contributed by atoms with Gasteiger partial charge in [0.25, 0.3) is 17.5 Å². The van der Waals surface area contributed by atoms with Crippen LogP contribution >= 0.6 is 0 Å². The molecule has 0 saturated heterocycles. The number of nitrogens with zero attached hydrogens (tertiary/aromatic N) is 2. The number of nitrogens with one attached hydrogen (secondary N) is 2. The Labute approximate surface area is 171 Å². The molecule has 1 heterocycles. The number of pyridine rings is 1. The van der Waals surface area contributed by atoms with E-state index in [1.807, 2.05) is 6.07 Å². The van der Waals surface area contributed by atoms with Crippen LogP contribution in [0.3, 0.4) is 0 Å². The summed E-state index contributed by atoms with van der Waals surface area (Å²) >= 11 is 0. The topological polar surface area (TPSA) is 123 Å². The van der Waals surface area contributed by atoms with E-state index in [1.54, 1.807) is 36.5 Å². The van der Waals surface area contributed by atoms with Gasteiger partial charge in [-0.25, -0.2) is 0 Å². The Morgan fingerprint density at radius 1 is 1.07 bits per heavy atom. The van der Waals surface area contributed by atoms with E-state index in [2.05, 4.69) is 15.6 Å². The van der Waals surface area contributed by atoms with Crippen LogP contribution in [-0.2, 0) is 6.54 Å². The van der Waals surface area contributed by atoms with Crippen LogP contribution in [0.15, 0.2) is 66.9 Å². The fourth-order valence-electron chi connectivity index (χ4n) is 2.70. The van der Waals surface area contributed by atoms with E-state index in [0.29, 0.717) is 22.7 Å². The van der Waals surface area contributed by atoms with E-state index >= 15 is 0 Å². The molecule has 0 aliphatic rings. The van der Waals surface area contributed by atoms with Crippen LogP contribution < -0.4 is 15.4 Å². The number of nitro groups is 1. The number of benzene rings is 2. The number of aromatic nitrogens is 1. The van der Waals surface area contributed by atoms with Gasteiger partial charge < -0.3 is 15.4 Å². The first kappa shape index (κ1) is 20.5. The summed E-state index contributed by atoms with van der Waals surface area (Å²) in [7, 11) is 1.40. The summed E-state index contributed by atoms with van der Waals surface area (Å²) in [5.74, 6) is -0.718. The lowest BCUT2D eigenvalue weighted by atomic mass is 10.1. The Hall–Kier alpha value is -4.27. The minimum atomic E-state index is -0.688. The number of nitro benzene ring substituents is 1. The van der Waals surface area contributed by atoms with Crippen molar-refractivity contribution in [2.45, 2.75) is 6.54 Å². The first-order valence-electron chi connectivity index (χ1n) is 8.90. The highest BCUT2D eigenvalue weighted by molar-refractivity contribution is 6.08. The molecule has 30 heavy (non-hydrogen) atoms. The summed E-state index contributed by atoms with van der Waals surface area (Å²) in [5.41, 5.74) is 0.856. The maximum Gasteiger partial charge on any atom is 0.282 e. The lowest BCUT2D eigenvalue weighted by Crippen LogP contribution is -2.23. The van der Waals surface area contributed by atoms with Crippen LogP contribution in [0.1, 0.15) is 26.4 Å². The van der Waals surface area contributed by atoms with E-state index in [-0.39, 0.29) is 23.7 Å². The molecule has 2 N–H and O–H groups in total. The van der Waals surface area contributed by atoms with Crippen molar-refractivity contribution in [3.8, 4) is 5.75 Å². The minimum absolute atomic E-state index is 0.149. The number of carbonyl (C=O) groups is 2. The molecule has 0 bridgehead atoms. The van der Waals surface area contributed by atoms with Crippen LogP contribution in [0.2, 0.25) is 0 Å². The molecule has 9 nitrogen and oxygen atoms in total. The van der Waals surface area contributed by atoms with Crippen LogP contribution in [0.4, 0.5) is 11.4 Å². The Balaban J connectivity index is 1.74. The number of hydrogen-bond acceptors (Lipinski definition) is 6. The molecule has 3 aromatic rings. The van der Waals surface area contributed by atoms with Crippen molar-refractivity contribution >= 4 is 23.2 Å². The summed E-state index contributed by atoms with van der Waals surface area (Å²) in [6, 6.07) is 15.6. The van der Waals surface area contributed by atoms with Crippen LogP contribution in [-0.4, -0.2) is 28.8 Å². The molecule has 0 atom stereocenters. The largest absolute Gasteiger partial charge is 0.497 e. The maximum absolute atomic E-state index is 12.6. The van der Waals surface area contributed by atoms with Gasteiger partial charge in [-0.15, -0.1) is 0 Å². The molecule has 9 heteroatoms. The molecule has 0 radical (unpaired) electrons. The number of methoxy groups -OCH3 is 1. The monoisotopic (exact) mass is 406 g/mol. The summed E-state index contributed by atoms with van der Waals surface area (Å²) in [6.45, 7) is 0.256. The predicted octanol–water partition coefficient (Wildman–Crippen LogP) is 3.18. The highest BCUT2D eigenvalue weighted by Crippen LogP contribution is 2.25. The van der Waals surface area contributed by atoms with E-state index in [9.17, 15) is 19.7 Å². The fraction of sp³-hybridized carbons (Fsp3) is 0.0952. The normalized spacial score (nSPS) is 10.2. The van der Waals surface area contributed by atoms with Gasteiger partial charge in [-0.1, -0.05) is 12.1 Å². The van der Waals surface area contributed by atoms with Gasteiger partial charge in [-0.05, 0) is 42.5 Å². The first-order chi connectivity index (χ1) is 14.5. The molecule has 0 aliphatic carbocycles. The summed E-state index contributed by atoms with van der Waals surface area (Å²) in [6.07, 6.45) is 1.63. The number of hydrogen-bond donors (Lipinski definition) is 2. The minimum Gasteiger partial charge on any atom is -0.497 e. The zero-order valence-electron chi connectivity index (χ0n) is 16.0. The predicted molar refractivity (Wildman–Crippen MR) is 109 cm³/mol. The van der Waals surface area contributed by atoms with Crippen molar-refractivity contribution in [2.24, 2.45) is 0 Å². The third-order valence-electron chi connectivity index (χ3n) is 4.18. The molecular formula is C21H18N4O5. The van der Waals surface area contributed by atoms with Crippen molar-refractivity contribution < 1.29 is 19.2 Å². The molecule has 3 rings (SSSR count). The highest BCUT2D eigenvalue weighted by Gasteiger charge is 2.21. The zero-order chi connectivity index (χ0) is 21.5. The quantitative estimate of drug-likeness (QED) is 0.459. The summed E-state index contributed by atoms with van der Waals surface area (Å²) < 4.78 is 5.04. The molecule has 2 amide bonds.